The number of hydrogen-bond acceptors (Lipinski definition) is 5. The number of benzene rings is 2. The van der Waals surface area contributed by atoms with Crippen LogP contribution in [-0.4, -0.2) is 43.4 Å². The Bertz CT molecular complexity index is 1460. The number of thioether (sulfide) groups is 1. The topological polar surface area (TPSA) is 57.8 Å². The summed E-state index contributed by atoms with van der Waals surface area (Å²) < 4.78 is 9.86. The summed E-state index contributed by atoms with van der Waals surface area (Å²) in [6.07, 6.45) is 8.81. The molecule has 36 heavy (non-hydrogen) atoms. The highest BCUT2D eigenvalue weighted by Gasteiger charge is 2.25. The van der Waals surface area contributed by atoms with Gasteiger partial charge in [-0.05, 0) is 56.0 Å². The quantitative estimate of drug-likeness (QED) is 0.225. The summed E-state index contributed by atoms with van der Waals surface area (Å²) in [5, 5.41) is 9.90. The molecule has 2 aliphatic rings. The Morgan fingerprint density at radius 3 is 2.53 bits per heavy atom. The SMILES string of the molecule is COc1cc(-c2nnc3n(C(CCSC)c4ccc(C)cc4)cc(Cl)cc2-3)ccc1-n1cnc(C)c1. The Labute approximate surface area is 220 Å². The van der Waals surface area contributed by atoms with Crippen molar-refractivity contribution >= 4 is 23.4 Å². The fraction of sp³-hybridized carbons (Fsp3) is 0.250. The van der Waals surface area contributed by atoms with Crippen LogP contribution in [0.2, 0.25) is 5.02 Å². The first-order valence-corrected chi connectivity index (χ1v) is 13.5. The monoisotopic (exact) mass is 517 g/mol. The van der Waals surface area contributed by atoms with Crippen LogP contribution in [0.4, 0.5) is 0 Å². The van der Waals surface area contributed by atoms with E-state index in [4.69, 9.17) is 16.3 Å². The first kappa shape index (κ1) is 24.4. The molecule has 2 aliphatic heterocycles. The van der Waals surface area contributed by atoms with Gasteiger partial charge in [-0.2, -0.15) is 11.8 Å². The fourth-order valence-electron chi connectivity index (χ4n) is 4.53. The van der Waals surface area contributed by atoms with Crippen molar-refractivity contribution in [2.45, 2.75) is 26.3 Å². The van der Waals surface area contributed by atoms with Crippen molar-refractivity contribution in [1.29, 1.82) is 0 Å². The Balaban J connectivity index is 1.58. The van der Waals surface area contributed by atoms with E-state index in [1.165, 1.54) is 11.1 Å². The van der Waals surface area contributed by atoms with Crippen molar-refractivity contribution in [2.24, 2.45) is 0 Å². The van der Waals surface area contributed by atoms with E-state index >= 15 is 0 Å². The van der Waals surface area contributed by atoms with Gasteiger partial charge in [0.15, 0.2) is 5.82 Å². The van der Waals surface area contributed by atoms with Crippen molar-refractivity contribution in [2.75, 3.05) is 19.1 Å². The summed E-state index contributed by atoms with van der Waals surface area (Å²) in [6, 6.07) is 16.8. The molecule has 0 aliphatic carbocycles. The lowest BCUT2D eigenvalue weighted by molar-refractivity contribution is 0.413. The molecular weight excluding hydrogens is 490 g/mol. The number of methoxy groups -OCH3 is 1. The second-order valence-electron chi connectivity index (χ2n) is 8.87. The van der Waals surface area contributed by atoms with E-state index in [9.17, 15) is 0 Å². The van der Waals surface area contributed by atoms with E-state index in [1.807, 2.05) is 59.9 Å². The molecular formula is C28H28ClN5OS. The maximum Gasteiger partial charge on any atom is 0.165 e. The van der Waals surface area contributed by atoms with Crippen LogP contribution in [0.5, 0.6) is 5.75 Å². The molecule has 0 spiro atoms. The van der Waals surface area contributed by atoms with Gasteiger partial charge in [-0.25, -0.2) is 4.98 Å². The lowest BCUT2D eigenvalue weighted by Crippen LogP contribution is -2.15. The average molecular weight is 518 g/mol. The third-order valence-corrected chi connectivity index (χ3v) is 7.22. The van der Waals surface area contributed by atoms with Gasteiger partial charge < -0.3 is 13.9 Å². The number of ether oxygens (including phenoxy) is 1. The summed E-state index contributed by atoms with van der Waals surface area (Å²) in [4.78, 5) is 4.33. The van der Waals surface area contributed by atoms with Gasteiger partial charge in [-0.1, -0.05) is 47.5 Å². The van der Waals surface area contributed by atoms with Crippen LogP contribution in [0.3, 0.4) is 0 Å². The van der Waals surface area contributed by atoms with E-state index in [0.717, 1.165) is 51.9 Å². The first-order chi connectivity index (χ1) is 17.5. The van der Waals surface area contributed by atoms with Gasteiger partial charge in [0.2, 0.25) is 0 Å². The summed E-state index contributed by atoms with van der Waals surface area (Å²) in [5.41, 5.74) is 6.93. The number of fused-ring (bicyclic) bond motifs is 1. The first-order valence-electron chi connectivity index (χ1n) is 11.8. The second-order valence-corrected chi connectivity index (χ2v) is 10.3. The minimum atomic E-state index is 0.102. The molecule has 1 atom stereocenters. The zero-order chi connectivity index (χ0) is 25.2. The highest BCUT2D eigenvalue weighted by molar-refractivity contribution is 7.98. The number of aromatic nitrogens is 5. The predicted octanol–water partition coefficient (Wildman–Crippen LogP) is 6.86. The normalized spacial score (nSPS) is 12.2. The maximum atomic E-state index is 6.68. The predicted molar refractivity (Wildman–Crippen MR) is 148 cm³/mol. The zero-order valence-corrected chi connectivity index (χ0v) is 22.3. The van der Waals surface area contributed by atoms with Gasteiger partial charge in [-0.15, -0.1) is 10.2 Å². The number of imidazole rings is 1. The summed E-state index contributed by atoms with van der Waals surface area (Å²) >= 11 is 8.52. The highest BCUT2D eigenvalue weighted by Crippen LogP contribution is 2.39. The van der Waals surface area contributed by atoms with Crippen LogP contribution < -0.4 is 4.74 Å². The smallest absolute Gasteiger partial charge is 0.165 e. The van der Waals surface area contributed by atoms with Crippen LogP contribution in [0.1, 0.15) is 29.3 Å². The number of halogens is 1. The molecule has 184 valence electrons. The Morgan fingerprint density at radius 1 is 1.03 bits per heavy atom. The molecule has 0 saturated carbocycles. The third kappa shape index (κ3) is 4.73. The Kier molecular flexibility index (Phi) is 7.03. The molecule has 0 bridgehead atoms. The molecule has 1 unspecified atom stereocenters. The summed E-state index contributed by atoms with van der Waals surface area (Å²) in [7, 11) is 1.67. The van der Waals surface area contributed by atoms with Crippen molar-refractivity contribution in [3.05, 3.63) is 89.1 Å². The lowest BCUT2D eigenvalue weighted by Gasteiger charge is -2.24. The number of hydrogen-bond donors (Lipinski definition) is 0. The molecule has 3 aromatic rings. The van der Waals surface area contributed by atoms with Crippen LogP contribution in [0, 0.1) is 13.8 Å². The van der Waals surface area contributed by atoms with Gasteiger partial charge >= 0.3 is 0 Å². The van der Waals surface area contributed by atoms with Gasteiger partial charge in [0.1, 0.15) is 11.4 Å². The molecule has 8 heteroatoms. The minimum Gasteiger partial charge on any atom is -0.495 e. The summed E-state index contributed by atoms with van der Waals surface area (Å²) in [6.45, 7) is 4.07. The fourth-order valence-corrected chi connectivity index (χ4v) is 5.20. The van der Waals surface area contributed by atoms with E-state index < -0.39 is 0 Å². The molecule has 1 aromatic heterocycles. The Hall–Kier alpha value is -3.29. The standard InChI is InChI=1S/C28H28ClN5OS/c1-18-5-7-20(8-6-18)24(11-12-36-4)34-16-22(29)14-23-27(31-32-28(23)34)21-9-10-25(26(13-21)35-3)33-15-19(2)30-17-33/h5-10,13-17,24H,11-12H2,1-4H3. The van der Waals surface area contributed by atoms with Crippen LogP contribution in [-0.2, 0) is 0 Å². The molecule has 5 rings (SSSR count). The molecule has 2 aromatic carbocycles. The molecule has 3 heterocycles. The van der Waals surface area contributed by atoms with Crippen molar-refractivity contribution in [1.82, 2.24) is 24.3 Å². The number of pyridine rings is 1. The van der Waals surface area contributed by atoms with Crippen molar-refractivity contribution in [3.8, 4) is 34.1 Å². The van der Waals surface area contributed by atoms with Gasteiger partial charge in [0, 0.05) is 23.5 Å². The average Bonchev–Trinajstić information content (AvgIpc) is 3.51. The molecule has 0 saturated heterocycles. The third-order valence-electron chi connectivity index (χ3n) is 6.37. The zero-order valence-electron chi connectivity index (χ0n) is 20.8. The summed E-state index contributed by atoms with van der Waals surface area (Å²) in [5.74, 6) is 2.57. The Morgan fingerprint density at radius 2 is 1.83 bits per heavy atom. The number of nitrogens with zero attached hydrogens (tertiary/aromatic N) is 5. The van der Waals surface area contributed by atoms with Crippen LogP contribution in [0.25, 0.3) is 28.3 Å². The van der Waals surface area contributed by atoms with E-state index in [1.54, 1.807) is 13.4 Å². The lowest BCUT2D eigenvalue weighted by atomic mass is 10.0. The molecule has 6 nitrogen and oxygen atoms in total. The maximum absolute atomic E-state index is 6.68. The minimum absolute atomic E-state index is 0.102. The molecule has 0 radical (unpaired) electrons. The molecule has 0 amide bonds. The number of rotatable bonds is 8. The van der Waals surface area contributed by atoms with Gasteiger partial charge in [0.05, 0.1) is 35.9 Å². The van der Waals surface area contributed by atoms with E-state index in [-0.39, 0.29) is 6.04 Å². The molecule has 0 N–H and O–H groups in total. The van der Waals surface area contributed by atoms with Crippen molar-refractivity contribution in [3.63, 3.8) is 0 Å². The van der Waals surface area contributed by atoms with Gasteiger partial charge in [0.25, 0.3) is 0 Å². The highest BCUT2D eigenvalue weighted by atomic mass is 35.5. The molecule has 0 fully saturated rings. The van der Waals surface area contributed by atoms with E-state index in [0.29, 0.717) is 5.02 Å². The van der Waals surface area contributed by atoms with Gasteiger partial charge in [-0.3, -0.25) is 0 Å². The van der Waals surface area contributed by atoms with Crippen LogP contribution >= 0.6 is 23.4 Å². The second kappa shape index (κ2) is 10.4. The largest absolute Gasteiger partial charge is 0.495 e. The van der Waals surface area contributed by atoms with E-state index in [2.05, 4.69) is 57.2 Å². The number of aryl methyl sites for hydroxylation is 2. The van der Waals surface area contributed by atoms with Crippen molar-refractivity contribution < 1.29 is 4.74 Å². The van der Waals surface area contributed by atoms with Crippen LogP contribution in [0.15, 0.2) is 67.3 Å².